The highest BCUT2D eigenvalue weighted by molar-refractivity contribution is 8.15. The van der Waals surface area contributed by atoms with Crippen LogP contribution in [0.1, 0.15) is 31.4 Å². The number of anilines is 2. The first-order chi connectivity index (χ1) is 15.0. The largest absolute Gasteiger partial charge is 0.372 e. The standard InChI is InChI=1S/C23H27N5O2S/c1-4-28(5-2)19-12-8-17(9-13-19)15-24-27-23-26-22(30)20(31-23)14-21(29)25-18-10-6-16(3)7-11-18/h6-13,15,20H,4-5,14H2,1-3H3,(H,25,29)(H,26,27,30)/b24-15+. The Balaban J connectivity index is 1.53. The minimum Gasteiger partial charge on any atom is -0.372 e. The van der Waals surface area contributed by atoms with Crippen LogP contribution in [-0.4, -0.2) is 41.5 Å². The van der Waals surface area contributed by atoms with Crippen molar-refractivity contribution < 1.29 is 9.59 Å². The molecule has 2 aromatic carbocycles. The Morgan fingerprint density at radius 3 is 2.45 bits per heavy atom. The molecule has 0 aromatic heterocycles. The first-order valence-corrected chi connectivity index (χ1v) is 11.2. The Hall–Kier alpha value is -3.13. The van der Waals surface area contributed by atoms with E-state index in [2.05, 4.69) is 51.7 Å². The smallest absolute Gasteiger partial charge is 0.240 e. The molecule has 0 spiro atoms. The molecule has 2 amide bonds. The number of amidine groups is 1. The molecule has 31 heavy (non-hydrogen) atoms. The maximum atomic E-state index is 12.2. The molecule has 1 fully saturated rings. The number of thioether (sulfide) groups is 1. The van der Waals surface area contributed by atoms with E-state index in [1.54, 1.807) is 6.21 Å². The van der Waals surface area contributed by atoms with Gasteiger partial charge in [0.15, 0.2) is 5.17 Å². The van der Waals surface area contributed by atoms with E-state index < -0.39 is 5.25 Å². The van der Waals surface area contributed by atoms with E-state index in [0.717, 1.165) is 24.2 Å². The zero-order valence-electron chi connectivity index (χ0n) is 18.0. The van der Waals surface area contributed by atoms with Crippen molar-refractivity contribution in [1.82, 2.24) is 5.32 Å². The number of amides is 2. The van der Waals surface area contributed by atoms with Crippen LogP contribution in [0, 0.1) is 6.92 Å². The third kappa shape index (κ3) is 6.42. The average molecular weight is 438 g/mol. The lowest BCUT2D eigenvalue weighted by Gasteiger charge is -2.20. The Bertz CT molecular complexity index is 966. The van der Waals surface area contributed by atoms with Crippen molar-refractivity contribution >= 4 is 46.3 Å². The zero-order chi connectivity index (χ0) is 22.2. The van der Waals surface area contributed by atoms with Crippen LogP contribution in [0.25, 0.3) is 0 Å². The summed E-state index contributed by atoms with van der Waals surface area (Å²) in [5, 5.41) is 13.5. The van der Waals surface area contributed by atoms with Gasteiger partial charge < -0.3 is 15.5 Å². The summed E-state index contributed by atoms with van der Waals surface area (Å²) in [4.78, 5) is 26.7. The van der Waals surface area contributed by atoms with Crippen LogP contribution in [0.5, 0.6) is 0 Å². The maximum absolute atomic E-state index is 12.2. The summed E-state index contributed by atoms with van der Waals surface area (Å²) in [6.07, 6.45) is 1.71. The molecule has 2 N–H and O–H groups in total. The summed E-state index contributed by atoms with van der Waals surface area (Å²) >= 11 is 1.22. The van der Waals surface area contributed by atoms with Gasteiger partial charge >= 0.3 is 0 Å². The summed E-state index contributed by atoms with van der Waals surface area (Å²) in [5.41, 5.74) is 3.91. The fraction of sp³-hybridized carbons (Fsp3) is 0.304. The number of nitrogens with one attached hydrogen (secondary N) is 2. The molecular formula is C23H27N5O2S. The lowest BCUT2D eigenvalue weighted by molar-refractivity contribution is -0.122. The van der Waals surface area contributed by atoms with Crippen LogP contribution in [0.2, 0.25) is 0 Å². The van der Waals surface area contributed by atoms with Crippen LogP contribution in [0.15, 0.2) is 58.7 Å². The molecule has 1 saturated heterocycles. The normalized spacial score (nSPS) is 17.2. The fourth-order valence-electron chi connectivity index (χ4n) is 3.11. The van der Waals surface area contributed by atoms with Gasteiger partial charge in [0.2, 0.25) is 11.8 Å². The van der Waals surface area contributed by atoms with Gasteiger partial charge in [0.25, 0.3) is 0 Å². The molecule has 0 aliphatic carbocycles. The van der Waals surface area contributed by atoms with E-state index in [0.29, 0.717) is 10.9 Å². The van der Waals surface area contributed by atoms with Gasteiger partial charge in [-0.2, -0.15) is 5.10 Å². The van der Waals surface area contributed by atoms with Crippen molar-refractivity contribution in [3.63, 3.8) is 0 Å². The van der Waals surface area contributed by atoms with Crippen LogP contribution >= 0.6 is 11.8 Å². The average Bonchev–Trinajstić information content (AvgIpc) is 3.10. The second-order valence-electron chi connectivity index (χ2n) is 7.13. The van der Waals surface area contributed by atoms with Crippen LogP contribution in [0.4, 0.5) is 11.4 Å². The summed E-state index contributed by atoms with van der Waals surface area (Å²) < 4.78 is 0. The first-order valence-electron chi connectivity index (χ1n) is 10.3. The number of benzene rings is 2. The van der Waals surface area contributed by atoms with Crippen molar-refractivity contribution in [3.05, 3.63) is 59.7 Å². The molecule has 0 radical (unpaired) electrons. The van der Waals surface area contributed by atoms with E-state index in [1.807, 2.05) is 43.3 Å². The fourth-order valence-corrected chi connectivity index (χ4v) is 4.04. The number of carbonyl (C=O) groups is 2. The van der Waals surface area contributed by atoms with E-state index in [-0.39, 0.29) is 18.2 Å². The highest BCUT2D eigenvalue weighted by Gasteiger charge is 2.32. The molecule has 7 nitrogen and oxygen atoms in total. The van der Waals surface area contributed by atoms with E-state index in [1.165, 1.54) is 17.4 Å². The number of nitrogens with zero attached hydrogens (tertiary/aromatic N) is 3. The Morgan fingerprint density at radius 1 is 1.13 bits per heavy atom. The molecule has 1 aliphatic heterocycles. The molecule has 3 rings (SSSR count). The quantitative estimate of drug-likeness (QED) is 0.486. The van der Waals surface area contributed by atoms with Crippen molar-refractivity contribution in [2.45, 2.75) is 32.4 Å². The van der Waals surface area contributed by atoms with E-state index >= 15 is 0 Å². The molecular weight excluding hydrogens is 410 g/mol. The summed E-state index contributed by atoms with van der Waals surface area (Å²) in [5.74, 6) is -0.448. The lowest BCUT2D eigenvalue weighted by Crippen LogP contribution is -2.28. The molecule has 1 heterocycles. The van der Waals surface area contributed by atoms with Gasteiger partial charge in [-0.25, -0.2) is 0 Å². The molecule has 1 aliphatic rings. The third-order valence-corrected chi connectivity index (χ3v) is 5.93. The molecule has 0 saturated carbocycles. The summed E-state index contributed by atoms with van der Waals surface area (Å²) in [7, 11) is 0. The zero-order valence-corrected chi connectivity index (χ0v) is 18.8. The monoisotopic (exact) mass is 437 g/mol. The molecule has 1 unspecified atom stereocenters. The Labute approximate surface area is 187 Å². The minimum absolute atomic E-state index is 0.0694. The van der Waals surface area contributed by atoms with E-state index in [4.69, 9.17) is 0 Å². The van der Waals surface area contributed by atoms with Gasteiger partial charge in [-0.15, -0.1) is 5.10 Å². The van der Waals surface area contributed by atoms with Gasteiger partial charge in [-0.1, -0.05) is 41.6 Å². The van der Waals surface area contributed by atoms with Gasteiger partial charge in [0, 0.05) is 30.9 Å². The highest BCUT2D eigenvalue weighted by atomic mass is 32.2. The molecule has 162 valence electrons. The lowest BCUT2D eigenvalue weighted by atomic mass is 10.2. The molecule has 8 heteroatoms. The number of carbonyl (C=O) groups excluding carboxylic acids is 2. The second-order valence-corrected chi connectivity index (χ2v) is 8.32. The van der Waals surface area contributed by atoms with Crippen LogP contribution in [0.3, 0.4) is 0 Å². The van der Waals surface area contributed by atoms with Gasteiger partial charge in [-0.05, 0) is 50.6 Å². The number of aryl methyl sites for hydroxylation is 1. The van der Waals surface area contributed by atoms with Gasteiger partial charge in [-0.3, -0.25) is 9.59 Å². The Kier molecular flexibility index (Phi) is 7.83. The summed E-state index contributed by atoms with van der Waals surface area (Å²) in [6, 6.07) is 15.6. The first kappa shape index (κ1) is 22.6. The Morgan fingerprint density at radius 2 is 1.81 bits per heavy atom. The SMILES string of the molecule is CCN(CC)c1ccc(/C=N/N=C2\NC(=O)C(CC(=O)Nc3ccc(C)cc3)S2)cc1. The maximum Gasteiger partial charge on any atom is 0.240 e. The summed E-state index contributed by atoms with van der Waals surface area (Å²) in [6.45, 7) is 8.15. The number of rotatable bonds is 8. The topological polar surface area (TPSA) is 86.2 Å². The van der Waals surface area contributed by atoms with Crippen LogP contribution < -0.4 is 15.5 Å². The predicted molar refractivity (Wildman–Crippen MR) is 129 cm³/mol. The minimum atomic E-state index is -0.521. The van der Waals surface area contributed by atoms with Crippen LogP contribution in [-0.2, 0) is 9.59 Å². The van der Waals surface area contributed by atoms with Gasteiger partial charge in [0.1, 0.15) is 5.25 Å². The number of hydrogen-bond acceptors (Lipinski definition) is 6. The van der Waals surface area contributed by atoms with Gasteiger partial charge in [0.05, 0.1) is 6.21 Å². The van der Waals surface area contributed by atoms with Crippen molar-refractivity contribution in [3.8, 4) is 0 Å². The molecule has 2 aromatic rings. The molecule has 1 atom stereocenters. The predicted octanol–water partition coefficient (Wildman–Crippen LogP) is 3.79. The van der Waals surface area contributed by atoms with Crippen molar-refractivity contribution in [2.24, 2.45) is 10.2 Å². The third-order valence-electron chi connectivity index (χ3n) is 4.86. The second kappa shape index (κ2) is 10.8. The molecule has 0 bridgehead atoms. The van der Waals surface area contributed by atoms with Crippen molar-refractivity contribution in [2.75, 3.05) is 23.3 Å². The number of hydrogen-bond donors (Lipinski definition) is 2. The van der Waals surface area contributed by atoms with E-state index in [9.17, 15) is 9.59 Å². The highest BCUT2D eigenvalue weighted by Crippen LogP contribution is 2.23. The van der Waals surface area contributed by atoms with Crippen molar-refractivity contribution in [1.29, 1.82) is 0 Å².